The zero-order chi connectivity index (χ0) is 14.5. The van der Waals surface area contributed by atoms with Gasteiger partial charge in [-0.3, -0.25) is 10.2 Å². The number of hydrogen-bond donors (Lipinski definition) is 2. The van der Waals surface area contributed by atoms with Gasteiger partial charge in [-0.25, -0.2) is 5.84 Å². The molecule has 1 fully saturated rings. The van der Waals surface area contributed by atoms with Crippen LogP contribution in [0, 0.1) is 11.8 Å². The number of nitrogens with two attached hydrogens (primary N) is 1. The lowest BCUT2D eigenvalue weighted by Crippen LogP contribution is -2.29. The van der Waals surface area contributed by atoms with Gasteiger partial charge in [0.15, 0.2) is 0 Å². The second kappa shape index (κ2) is 6.89. The normalized spacial score (nSPS) is 26.2. The Morgan fingerprint density at radius 2 is 2.00 bits per heavy atom. The topological polar surface area (TPSA) is 55.1 Å². The molecule has 0 aromatic heterocycles. The first kappa shape index (κ1) is 15.0. The average molecular weight is 274 g/mol. The zero-order valence-electron chi connectivity index (χ0n) is 12.6. The molecular weight excluding hydrogens is 248 g/mol. The van der Waals surface area contributed by atoms with Crippen molar-refractivity contribution in [1.82, 2.24) is 5.43 Å². The van der Waals surface area contributed by atoms with Gasteiger partial charge in [0, 0.05) is 5.56 Å². The fraction of sp³-hybridized carbons (Fsp3) is 0.588. The van der Waals surface area contributed by atoms with Gasteiger partial charge in [0.2, 0.25) is 0 Å². The number of benzene rings is 1. The predicted octanol–water partition coefficient (Wildman–Crippen LogP) is 3.61. The summed E-state index contributed by atoms with van der Waals surface area (Å²) in [5.41, 5.74) is 4.16. The van der Waals surface area contributed by atoms with Crippen molar-refractivity contribution in [2.24, 2.45) is 17.7 Å². The summed E-state index contributed by atoms with van der Waals surface area (Å²) in [6, 6.07) is 7.92. The Kier molecular flexibility index (Phi) is 5.18. The largest absolute Gasteiger partial charge is 0.290 e. The molecule has 1 aliphatic rings. The number of carbonyl (C=O) groups is 1. The summed E-state index contributed by atoms with van der Waals surface area (Å²) >= 11 is 0. The number of hydrazine groups is 1. The summed E-state index contributed by atoms with van der Waals surface area (Å²) in [5.74, 6) is 7.28. The standard InChI is InChI=1S/C17H26N2O/c1-3-4-13-5-10-16(11-12(13)2)14-6-8-15(9-7-14)17(20)19-18/h6-9,12-13,16H,3-5,10-11,18H2,1-2H3,(H,19,20). The van der Waals surface area contributed by atoms with Crippen LogP contribution in [0.3, 0.4) is 0 Å². The highest BCUT2D eigenvalue weighted by atomic mass is 16.2. The first-order valence-corrected chi connectivity index (χ1v) is 7.76. The summed E-state index contributed by atoms with van der Waals surface area (Å²) in [7, 11) is 0. The fourth-order valence-electron chi connectivity index (χ4n) is 3.55. The Balaban J connectivity index is 2.01. The molecule has 0 saturated heterocycles. The lowest BCUT2D eigenvalue weighted by atomic mass is 9.71. The van der Waals surface area contributed by atoms with Crippen LogP contribution < -0.4 is 11.3 Å². The highest BCUT2D eigenvalue weighted by Crippen LogP contribution is 2.41. The van der Waals surface area contributed by atoms with Gasteiger partial charge >= 0.3 is 0 Å². The van der Waals surface area contributed by atoms with Crippen LogP contribution in [0.5, 0.6) is 0 Å². The molecule has 2 rings (SSSR count). The molecule has 1 aromatic rings. The number of amides is 1. The third kappa shape index (κ3) is 3.40. The van der Waals surface area contributed by atoms with Gasteiger partial charge < -0.3 is 0 Å². The molecular formula is C17H26N2O. The number of carbonyl (C=O) groups excluding carboxylic acids is 1. The maximum Gasteiger partial charge on any atom is 0.265 e. The molecule has 1 saturated carbocycles. The van der Waals surface area contributed by atoms with Crippen LogP contribution in [-0.4, -0.2) is 5.91 Å². The second-order valence-corrected chi connectivity index (χ2v) is 6.13. The van der Waals surface area contributed by atoms with Gasteiger partial charge in [0.1, 0.15) is 0 Å². The minimum absolute atomic E-state index is 0.225. The SMILES string of the molecule is CCCC1CCC(c2ccc(C(=O)NN)cc2)CC1C. The Morgan fingerprint density at radius 1 is 1.30 bits per heavy atom. The Bertz CT molecular complexity index is 441. The molecule has 0 aliphatic heterocycles. The maximum atomic E-state index is 11.4. The van der Waals surface area contributed by atoms with Crippen LogP contribution >= 0.6 is 0 Å². The zero-order valence-corrected chi connectivity index (χ0v) is 12.6. The lowest BCUT2D eigenvalue weighted by Gasteiger charge is -2.34. The highest BCUT2D eigenvalue weighted by molar-refractivity contribution is 5.93. The van der Waals surface area contributed by atoms with E-state index in [1.165, 1.54) is 37.7 Å². The van der Waals surface area contributed by atoms with Crippen LogP contribution in [0.15, 0.2) is 24.3 Å². The summed E-state index contributed by atoms with van der Waals surface area (Å²) in [4.78, 5) is 11.4. The van der Waals surface area contributed by atoms with E-state index in [9.17, 15) is 4.79 Å². The highest BCUT2D eigenvalue weighted by Gasteiger charge is 2.27. The number of hydrogen-bond acceptors (Lipinski definition) is 2. The van der Waals surface area contributed by atoms with Crippen LogP contribution in [0.4, 0.5) is 0 Å². The van der Waals surface area contributed by atoms with E-state index in [4.69, 9.17) is 5.84 Å². The molecule has 3 heteroatoms. The lowest BCUT2D eigenvalue weighted by molar-refractivity contribution is 0.0953. The first-order valence-electron chi connectivity index (χ1n) is 7.76. The smallest absolute Gasteiger partial charge is 0.265 e. The summed E-state index contributed by atoms with van der Waals surface area (Å²) < 4.78 is 0. The summed E-state index contributed by atoms with van der Waals surface area (Å²) in [5, 5.41) is 0. The van der Waals surface area contributed by atoms with Crippen LogP contribution in [0.2, 0.25) is 0 Å². The van der Waals surface area contributed by atoms with Gasteiger partial charge in [-0.2, -0.15) is 0 Å². The fourth-order valence-corrected chi connectivity index (χ4v) is 3.55. The van der Waals surface area contributed by atoms with Crippen molar-refractivity contribution in [3.63, 3.8) is 0 Å². The molecule has 110 valence electrons. The van der Waals surface area contributed by atoms with E-state index < -0.39 is 0 Å². The molecule has 3 atom stereocenters. The average Bonchev–Trinajstić information content (AvgIpc) is 2.49. The van der Waals surface area contributed by atoms with E-state index in [2.05, 4.69) is 31.4 Å². The Morgan fingerprint density at radius 3 is 2.55 bits per heavy atom. The minimum Gasteiger partial charge on any atom is -0.290 e. The van der Waals surface area contributed by atoms with Crippen LogP contribution in [0.1, 0.15) is 67.8 Å². The minimum atomic E-state index is -0.225. The van der Waals surface area contributed by atoms with Gasteiger partial charge in [0.25, 0.3) is 5.91 Å². The van der Waals surface area contributed by atoms with E-state index in [0.29, 0.717) is 11.5 Å². The molecule has 1 aromatic carbocycles. The third-order valence-electron chi connectivity index (χ3n) is 4.78. The monoisotopic (exact) mass is 274 g/mol. The van der Waals surface area contributed by atoms with Crippen molar-refractivity contribution in [3.05, 3.63) is 35.4 Å². The molecule has 0 radical (unpaired) electrons. The van der Waals surface area contributed by atoms with Gasteiger partial charge in [-0.1, -0.05) is 38.8 Å². The van der Waals surface area contributed by atoms with Crippen LogP contribution in [0.25, 0.3) is 0 Å². The van der Waals surface area contributed by atoms with E-state index in [-0.39, 0.29) is 5.91 Å². The van der Waals surface area contributed by atoms with Gasteiger partial charge in [-0.15, -0.1) is 0 Å². The van der Waals surface area contributed by atoms with E-state index in [0.717, 1.165) is 11.8 Å². The van der Waals surface area contributed by atoms with E-state index in [1.807, 2.05) is 12.1 Å². The number of nitrogens with one attached hydrogen (secondary N) is 1. The molecule has 20 heavy (non-hydrogen) atoms. The van der Waals surface area contributed by atoms with E-state index in [1.54, 1.807) is 0 Å². The van der Waals surface area contributed by atoms with Crippen molar-refractivity contribution in [2.45, 2.75) is 51.9 Å². The first-order chi connectivity index (χ1) is 9.65. The van der Waals surface area contributed by atoms with Crippen molar-refractivity contribution < 1.29 is 4.79 Å². The van der Waals surface area contributed by atoms with Crippen molar-refractivity contribution in [2.75, 3.05) is 0 Å². The van der Waals surface area contributed by atoms with Gasteiger partial charge in [-0.05, 0) is 54.7 Å². The third-order valence-corrected chi connectivity index (χ3v) is 4.78. The second-order valence-electron chi connectivity index (χ2n) is 6.13. The molecule has 3 nitrogen and oxygen atoms in total. The van der Waals surface area contributed by atoms with E-state index >= 15 is 0 Å². The van der Waals surface area contributed by atoms with Crippen molar-refractivity contribution >= 4 is 5.91 Å². The Labute approximate surface area is 121 Å². The predicted molar refractivity (Wildman–Crippen MR) is 82.2 cm³/mol. The molecule has 1 aliphatic carbocycles. The maximum absolute atomic E-state index is 11.4. The molecule has 0 heterocycles. The van der Waals surface area contributed by atoms with Crippen molar-refractivity contribution in [1.29, 1.82) is 0 Å². The van der Waals surface area contributed by atoms with Gasteiger partial charge in [0.05, 0.1) is 0 Å². The number of rotatable bonds is 4. The molecule has 1 amide bonds. The quantitative estimate of drug-likeness (QED) is 0.500. The Hall–Kier alpha value is -1.35. The molecule has 0 spiro atoms. The molecule has 0 bridgehead atoms. The molecule has 3 unspecified atom stereocenters. The van der Waals surface area contributed by atoms with Crippen LogP contribution in [-0.2, 0) is 0 Å². The summed E-state index contributed by atoms with van der Waals surface area (Å²) in [6.45, 7) is 4.67. The number of nitrogen functional groups attached to an aromatic ring is 1. The summed E-state index contributed by atoms with van der Waals surface area (Å²) in [6.07, 6.45) is 6.54. The molecule has 3 N–H and O–H groups in total. The van der Waals surface area contributed by atoms with Crippen molar-refractivity contribution in [3.8, 4) is 0 Å².